The summed E-state index contributed by atoms with van der Waals surface area (Å²) in [6.45, 7) is 6.23. The molecule has 178 valence electrons. The Bertz CT molecular complexity index is 1430. The minimum absolute atomic E-state index is 0.0772. The van der Waals surface area contributed by atoms with Crippen molar-refractivity contribution in [3.05, 3.63) is 105 Å². The number of aromatic carboxylic acids is 1. The summed E-state index contributed by atoms with van der Waals surface area (Å²) < 4.78 is 7.44. The van der Waals surface area contributed by atoms with Crippen LogP contribution in [-0.4, -0.2) is 25.6 Å². The van der Waals surface area contributed by atoms with Gasteiger partial charge in [-0.05, 0) is 55.7 Å². The molecule has 4 aromatic rings. The lowest BCUT2D eigenvalue weighted by Gasteiger charge is -2.16. The molecule has 0 saturated heterocycles. The highest BCUT2D eigenvalue weighted by Crippen LogP contribution is 2.27. The van der Waals surface area contributed by atoms with Crippen LogP contribution in [0.15, 0.2) is 71.7 Å². The van der Waals surface area contributed by atoms with Crippen LogP contribution >= 0.6 is 0 Å². The van der Waals surface area contributed by atoms with Crippen molar-refractivity contribution in [1.82, 2.24) is 14.5 Å². The predicted octanol–water partition coefficient (Wildman–Crippen LogP) is 5.10. The zero-order chi connectivity index (χ0) is 24.9. The molecule has 0 amide bonds. The Kier molecular flexibility index (Phi) is 6.91. The van der Waals surface area contributed by atoms with E-state index in [9.17, 15) is 9.59 Å². The molecule has 0 bridgehead atoms. The number of nitrogens with zero attached hydrogens (tertiary/aromatic N) is 3. The Morgan fingerprint density at radius 1 is 1.09 bits per heavy atom. The highest BCUT2D eigenvalue weighted by molar-refractivity contribution is 5.85. The van der Waals surface area contributed by atoms with Crippen LogP contribution in [0.5, 0.6) is 11.6 Å². The Hall–Kier alpha value is -4.46. The van der Waals surface area contributed by atoms with Gasteiger partial charge in [0.25, 0.3) is 5.56 Å². The van der Waals surface area contributed by atoms with Gasteiger partial charge >= 0.3 is 5.97 Å². The lowest BCUT2D eigenvalue weighted by atomic mass is 10.1. The van der Waals surface area contributed by atoms with Gasteiger partial charge in [0.15, 0.2) is 5.69 Å². The first kappa shape index (κ1) is 23.7. The quantitative estimate of drug-likeness (QED) is 0.369. The molecule has 0 saturated carbocycles. The lowest BCUT2D eigenvalue weighted by Crippen LogP contribution is -2.27. The van der Waals surface area contributed by atoms with Gasteiger partial charge in [0.1, 0.15) is 5.75 Å². The molecule has 2 aromatic heterocycles. The van der Waals surface area contributed by atoms with Gasteiger partial charge in [-0.25, -0.2) is 14.8 Å². The van der Waals surface area contributed by atoms with Crippen LogP contribution in [0.4, 0.5) is 11.6 Å². The first-order valence-electron chi connectivity index (χ1n) is 11.2. The van der Waals surface area contributed by atoms with Crippen LogP contribution < -0.4 is 15.6 Å². The molecule has 0 aliphatic heterocycles. The van der Waals surface area contributed by atoms with Crippen molar-refractivity contribution in [2.45, 2.75) is 33.7 Å². The van der Waals surface area contributed by atoms with Gasteiger partial charge in [0, 0.05) is 23.5 Å². The number of carbonyl (C=O) groups is 1. The van der Waals surface area contributed by atoms with E-state index < -0.39 is 5.97 Å². The normalized spacial score (nSPS) is 10.7. The second kappa shape index (κ2) is 10.2. The van der Waals surface area contributed by atoms with Crippen molar-refractivity contribution in [1.29, 1.82) is 0 Å². The summed E-state index contributed by atoms with van der Waals surface area (Å²) in [6, 6.07) is 18.1. The van der Waals surface area contributed by atoms with Crippen molar-refractivity contribution in [3.8, 4) is 11.6 Å². The largest absolute Gasteiger partial charge is 0.477 e. The van der Waals surface area contributed by atoms with Crippen molar-refractivity contribution >= 4 is 17.6 Å². The number of hydrogen-bond acceptors (Lipinski definition) is 6. The SMILES string of the molecule is CCc1cnc(Nc2ccc(Oc3cccc(C(=O)O)n3)c(C)c2)n(Cc2ccc(C)cc2)c1=O. The first-order chi connectivity index (χ1) is 16.8. The third kappa shape index (κ3) is 5.55. The fraction of sp³-hybridized carbons (Fsp3) is 0.185. The van der Waals surface area contributed by atoms with Gasteiger partial charge in [-0.2, -0.15) is 0 Å². The molecule has 8 nitrogen and oxygen atoms in total. The van der Waals surface area contributed by atoms with Crippen molar-refractivity contribution < 1.29 is 14.6 Å². The van der Waals surface area contributed by atoms with Crippen LogP contribution in [0.3, 0.4) is 0 Å². The van der Waals surface area contributed by atoms with E-state index in [-0.39, 0.29) is 17.1 Å². The third-order valence-electron chi connectivity index (χ3n) is 5.55. The van der Waals surface area contributed by atoms with Gasteiger partial charge < -0.3 is 15.2 Å². The smallest absolute Gasteiger partial charge is 0.354 e. The monoisotopic (exact) mass is 470 g/mol. The fourth-order valence-electron chi connectivity index (χ4n) is 3.57. The number of aromatic nitrogens is 3. The summed E-state index contributed by atoms with van der Waals surface area (Å²) in [5.41, 5.74) is 4.18. The highest BCUT2D eigenvalue weighted by atomic mass is 16.5. The molecule has 35 heavy (non-hydrogen) atoms. The number of benzene rings is 2. The van der Waals surface area contributed by atoms with Crippen LogP contribution in [0.25, 0.3) is 0 Å². The number of aryl methyl sites for hydroxylation is 3. The van der Waals surface area contributed by atoms with Crippen LogP contribution in [-0.2, 0) is 13.0 Å². The summed E-state index contributed by atoms with van der Waals surface area (Å²) in [5.74, 6) is 0.0519. The average molecular weight is 471 g/mol. The van der Waals surface area contributed by atoms with E-state index in [1.807, 2.05) is 51.1 Å². The first-order valence-corrected chi connectivity index (χ1v) is 11.2. The number of nitrogens with one attached hydrogen (secondary N) is 1. The summed E-state index contributed by atoms with van der Waals surface area (Å²) in [7, 11) is 0. The molecule has 0 radical (unpaired) electrons. The minimum atomic E-state index is -1.12. The Labute approximate surface area is 202 Å². The Morgan fingerprint density at radius 2 is 1.86 bits per heavy atom. The second-order valence-electron chi connectivity index (χ2n) is 8.21. The highest BCUT2D eigenvalue weighted by Gasteiger charge is 2.12. The molecule has 0 spiro atoms. The Balaban J connectivity index is 1.60. The van der Waals surface area contributed by atoms with Crippen molar-refractivity contribution in [3.63, 3.8) is 0 Å². The average Bonchev–Trinajstić information content (AvgIpc) is 2.84. The van der Waals surface area contributed by atoms with Gasteiger partial charge in [0.05, 0.1) is 6.54 Å². The molecule has 2 aromatic carbocycles. The molecule has 8 heteroatoms. The zero-order valence-electron chi connectivity index (χ0n) is 19.8. The van der Waals surface area contributed by atoms with E-state index in [0.717, 1.165) is 22.4 Å². The Morgan fingerprint density at radius 3 is 2.54 bits per heavy atom. The molecule has 2 heterocycles. The van der Waals surface area contributed by atoms with E-state index in [1.54, 1.807) is 35.0 Å². The topological polar surface area (TPSA) is 106 Å². The van der Waals surface area contributed by atoms with E-state index in [2.05, 4.69) is 15.3 Å². The number of carboxylic acids is 1. The lowest BCUT2D eigenvalue weighted by molar-refractivity contribution is 0.0689. The molecule has 0 atom stereocenters. The van der Waals surface area contributed by atoms with E-state index >= 15 is 0 Å². The fourth-order valence-corrected chi connectivity index (χ4v) is 3.57. The van der Waals surface area contributed by atoms with Crippen LogP contribution in [0.1, 0.15) is 39.7 Å². The molecule has 0 unspecified atom stereocenters. The summed E-state index contributed by atoms with van der Waals surface area (Å²) >= 11 is 0. The van der Waals surface area contributed by atoms with E-state index in [0.29, 0.717) is 30.2 Å². The molecular formula is C27H26N4O4. The summed E-state index contributed by atoms with van der Waals surface area (Å²) in [4.78, 5) is 32.8. The number of carboxylic acid groups (broad SMARTS) is 1. The minimum Gasteiger partial charge on any atom is -0.477 e. The van der Waals surface area contributed by atoms with Crippen molar-refractivity contribution in [2.75, 3.05) is 5.32 Å². The zero-order valence-corrected chi connectivity index (χ0v) is 19.8. The maximum atomic E-state index is 13.1. The van der Waals surface area contributed by atoms with E-state index in [4.69, 9.17) is 9.84 Å². The number of hydrogen-bond donors (Lipinski definition) is 2. The van der Waals surface area contributed by atoms with Crippen LogP contribution in [0.2, 0.25) is 0 Å². The maximum Gasteiger partial charge on any atom is 0.354 e. The van der Waals surface area contributed by atoms with Gasteiger partial charge in [0.2, 0.25) is 11.8 Å². The van der Waals surface area contributed by atoms with Crippen LogP contribution in [0, 0.1) is 13.8 Å². The number of ether oxygens (including phenoxy) is 1. The molecule has 0 fully saturated rings. The molecule has 4 rings (SSSR count). The number of pyridine rings is 1. The molecule has 0 aliphatic carbocycles. The van der Waals surface area contributed by atoms with E-state index in [1.165, 1.54) is 6.07 Å². The second-order valence-corrected chi connectivity index (χ2v) is 8.21. The van der Waals surface area contributed by atoms with Gasteiger partial charge in [-0.3, -0.25) is 9.36 Å². The summed E-state index contributed by atoms with van der Waals surface area (Å²) in [5, 5.41) is 12.4. The molecule has 0 aliphatic rings. The van der Waals surface area contributed by atoms with Crippen molar-refractivity contribution in [2.24, 2.45) is 0 Å². The predicted molar refractivity (Wildman–Crippen MR) is 134 cm³/mol. The number of rotatable bonds is 8. The standard InChI is InChI=1S/C27H26N4O4/c1-4-20-15-28-27(31(25(20)32)16-19-10-8-17(2)9-11-19)29-21-12-13-23(18(3)14-21)35-24-7-5-6-22(30-24)26(33)34/h5-15H,4,16H2,1-3H3,(H,28,29)(H,33,34). The molecular weight excluding hydrogens is 444 g/mol. The molecule has 2 N–H and O–H groups in total. The maximum absolute atomic E-state index is 13.1. The third-order valence-corrected chi connectivity index (χ3v) is 5.55. The summed E-state index contributed by atoms with van der Waals surface area (Å²) in [6.07, 6.45) is 2.21. The van der Waals surface area contributed by atoms with Gasteiger partial charge in [-0.15, -0.1) is 0 Å². The van der Waals surface area contributed by atoms with Gasteiger partial charge in [-0.1, -0.05) is 42.8 Å². The number of anilines is 2.